The van der Waals surface area contributed by atoms with Crippen molar-refractivity contribution in [2.24, 2.45) is 0 Å². The van der Waals surface area contributed by atoms with E-state index in [0.717, 1.165) is 19.3 Å². The van der Waals surface area contributed by atoms with Gasteiger partial charge in [-0.15, -0.1) is 0 Å². The summed E-state index contributed by atoms with van der Waals surface area (Å²) in [7, 11) is -1.92. The highest BCUT2D eigenvalue weighted by atomic mass is 35.5. The molecule has 0 saturated heterocycles. The first-order valence-electron chi connectivity index (χ1n) is 6.01. The lowest BCUT2D eigenvalue weighted by atomic mass is 10.2. The predicted molar refractivity (Wildman–Crippen MR) is 76.8 cm³/mol. The number of unbranched alkanes of at least 4 members (excludes halogenated alkanes) is 2. The maximum Gasteiger partial charge on any atom is 0.242 e. The second-order valence-electron chi connectivity index (χ2n) is 4.14. The molecule has 1 aromatic rings. The first-order valence-corrected chi connectivity index (χ1v) is 7.87. The van der Waals surface area contributed by atoms with E-state index in [9.17, 15) is 8.42 Å². The quantitative estimate of drug-likeness (QED) is 0.568. The van der Waals surface area contributed by atoms with Crippen LogP contribution in [-0.4, -0.2) is 28.7 Å². The molecule has 7 heteroatoms. The summed E-state index contributed by atoms with van der Waals surface area (Å²) < 4.78 is 31.4. The fourth-order valence-electron chi connectivity index (χ4n) is 1.57. The normalized spacial score (nSPS) is 11.7. The van der Waals surface area contributed by atoms with Gasteiger partial charge in [-0.25, -0.2) is 13.1 Å². The van der Waals surface area contributed by atoms with Gasteiger partial charge in [-0.05, 0) is 37.5 Å². The summed E-state index contributed by atoms with van der Waals surface area (Å²) in [5.41, 5.74) is 5.96. The minimum atomic E-state index is -3.57. The molecular weight excluding hydrogens is 288 g/mol. The van der Waals surface area contributed by atoms with Gasteiger partial charge in [0.1, 0.15) is 4.90 Å². The van der Waals surface area contributed by atoms with Crippen molar-refractivity contribution < 1.29 is 13.2 Å². The molecule has 0 radical (unpaired) electrons. The first kappa shape index (κ1) is 16.2. The van der Waals surface area contributed by atoms with Crippen LogP contribution in [0.5, 0.6) is 0 Å². The zero-order chi connectivity index (χ0) is 14.3. The number of hydrogen-bond acceptors (Lipinski definition) is 4. The van der Waals surface area contributed by atoms with Gasteiger partial charge in [0.2, 0.25) is 10.0 Å². The van der Waals surface area contributed by atoms with Gasteiger partial charge in [-0.2, -0.15) is 0 Å². The maximum atomic E-state index is 12.0. The molecule has 0 unspecified atom stereocenters. The molecule has 5 nitrogen and oxygen atoms in total. The van der Waals surface area contributed by atoms with E-state index in [1.807, 2.05) is 0 Å². The van der Waals surface area contributed by atoms with Gasteiger partial charge in [0, 0.05) is 25.9 Å². The summed E-state index contributed by atoms with van der Waals surface area (Å²) in [4.78, 5) is 0.0558. The third-order valence-electron chi connectivity index (χ3n) is 2.56. The second kappa shape index (κ2) is 7.69. The molecular formula is C12H19ClN2O3S. The Morgan fingerprint density at radius 2 is 2.05 bits per heavy atom. The Morgan fingerprint density at radius 3 is 2.68 bits per heavy atom. The standard InChI is InChI=1S/C12H19ClN2O3S/c1-18-8-4-2-3-7-15-19(16,17)12-6-5-10(14)9-11(12)13/h5-6,9,15H,2-4,7-8,14H2,1H3. The van der Waals surface area contributed by atoms with Crippen molar-refractivity contribution in [3.63, 3.8) is 0 Å². The number of nitrogen functional groups attached to an aromatic ring is 1. The Balaban J connectivity index is 2.52. The van der Waals surface area contributed by atoms with Crippen LogP contribution >= 0.6 is 11.6 Å². The number of ether oxygens (including phenoxy) is 1. The van der Waals surface area contributed by atoms with Gasteiger partial charge in [0.15, 0.2) is 0 Å². The summed E-state index contributed by atoms with van der Waals surface area (Å²) in [6.07, 6.45) is 2.59. The van der Waals surface area contributed by atoms with Crippen LogP contribution < -0.4 is 10.5 Å². The van der Waals surface area contributed by atoms with E-state index in [-0.39, 0.29) is 9.92 Å². The highest BCUT2D eigenvalue weighted by Gasteiger charge is 2.17. The van der Waals surface area contributed by atoms with Crippen molar-refractivity contribution in [2.45, 2.75) is 24.2 Å². The molecule has 0 aliphatic heterocycles. The van der Waals surface area contributed by atoms with E-state index in [0.29, 0.717) is 18.8 Å². The number of nitrogens with two attached hydrogens (primary N) is 1. The Bertz CT molecular complexity index is 506. The smallest absolute Gasteiger partial charge is 0.242 e. The largest absolute Gasteiger partial charge is 0.399 e. The lowest BCUT2D eigenvalue weighted by molar-refractivity contribution is 0.192. The van der Waals surface area contributed by atoms with Gasteiger partial charge in [-0.1, -0.05) is 11.6 Å². The predicted octanol–water partition coefficient (Wildman–Crippen LogP) is 2.02. The molecule has 19 heavy (non-hydrogen) atoms. The Labute approximate surface area is 119 Å². The summed E-state index contributed by atoms with van der Waals surface area (Å²) in [5.74, 6) is 0. The van der Waals surface area contributed by atoms with Crippen LogP contribution in [0.3, 0.4) is 0 Å². The van der Waals surface area contributed by atoms with Gasteiger partial charge in [-0.3, -0.25) is 0 Å². The maximum absolute atomic E-state index is 12.0. The van der Waals surface area contributed by atoms with E-state index in [1.54, 1.807) is 7.11 Å². The van der Waals surface area contributed by atoms with Gasteiger partial charge >= 0.3 is 0 Å². The number of hydrogen-bond donors (Lipinski definition) is 2. The number of benzene rings is 1. The van der Waals surface area contributed by atoms with Crippen LogP contribution in [0.1, 0.15) is 19.3 Å². The van der Waals surface area contributed by atoms with Gasteiger partial charge in [0.05, 0.1) is 5.02 Å². The number of anilines is 1. The fourth-order valence-corrected chi connectivity index (χ4v) is 3.19. The van der Waals surface area contributed by atoms with Crippen molar-refractivity contribution in [3.05, 3.63) is 23.2 Å². The fraction of sp³-hybridized carbons (Fsp3) is 0.500. The average molecular weight is 307 g/mol. The highest BCUT2D eigenvalue weighted by molar-refractivity contribution is 7.89. The zero-order valence-corrected chi connectivity index (χ0v) is 12.4. The van der Waals surface area contributed by atoms with Crippen molar-refractivity contribution in [1.29, 1.82) is 0 Å². The van der Waals surface area contributed by atoms with Crippen LogP contribution in [0, 0.1) is 0 Å². The molecule has 1 rings (SSSR count). The van der Waals surface area contributed by atoms with Crippen LogP contribution in [0.2, 0.25) is 5.02 Å². The van der Waals surface area contributed by atoms with E-state index in [1.165, 1.54) is 18.2 Å². The molecule has 108 valence electrons. The third-order valence-corrected chi connectivity index (χ3v) is 4.51. The number of rotatable bonds is 8. The van der Waals surface area contributed by atoms with Gasteiger partial charge in [0.25, 0.3) is 0 Å². The molecule has 0 fully saturated rings. The van der Waals surface area contributed by atoms with E-state index >= 15 is 0 Å². The van der Waals surface area contributed by atoms with Crippen molar-refractivity contribution in [2.75, 3.05) is 26.0 Å². The number of nitrogens with one attached hydrogen (secondary N) is 1. The number of sulfonamides is 1. The second-order valence-corrected chi connectivity index (χ2v) is 6.28. The topological polar surface area (TPSA) is 81.4 Å². The molecule has 0 spiro atoms. The number of methoxy groups -OCH3 is 1. The monoisotopic (exact) mass is 306 g/mol. The van der Waals surface area contributed by atoms with Crippen LogP contribution in [0.15, 0.2) is 23.1 Å². The summed E-state index contributed by atoms with van der Waals surface area (Å²) in [5, 5.41) is 0.131. The van der Waals surface area contributed by atoms with E-state index in [2.05, 4.69) is 4.72 Å². The summed E-state index contributed by atoms with van der Waals surface area (Å²) in [6.45, 7) is 1.07. The highest BCUT2D eigenvalue weighted by Crippen LogP contribution is 2.23. The van der Waals surface area contributed by atoms with E-state index in [4.69, 9.17) is 22.1 Å². The van der Waals surface area contributed by atoms with Crippen molar-refractivity contribution in [1.82, 2.24) is 4.72 Å². The molecule has 0 aliphatic carbocycles. The van der Waals surface area contributed by atoms with Gasteiger partial charge < -0.3 is 10.5 Å². The van der Waals surface area contributed by atoms with Crippen molar-refractivity contribution >= 4 is 27.3 Å². The minimum Gasteiger partial charge on any atom is -0.399 e. The molecule has 1 aromatic carbocycles. The molecule has 0 aromatic heterocycles. The third kappa shape index (κ3) is 5.36. The zero-order valence-electron chi connectivity index (χ0n) is 10.9. The van der Waals surface area contributed by atoms with Crippen LogP contribution in [0.25, 0.3) is 0 Å². The summed E-state index contributed by atoms with van der Waals surface area (Å²) in [6, 6.07) is 4.35. The first-order chi connectivity index (χ1) is 8.97. The molecule has 0 amide bonds. The SMILES string of the molecule is COCCCCCNS(=O)(=O)c1ccc(N)cc1Cl. The van der Waals surface area contributed by atoms with Crippen LogP contribution in [-0.2, 0) is 14.8 Å². The van der Waals surface area contributed by atoms with Crippen LogP contribution in [0.4, 0.5) is 5.69 Å². The molecule has 0 saturated carbocycles. The minimum absolute atomic E-state index is 0.0558. The number of halogens is 1. The Morgan fingerprint density at radius 1 is 1.32 bits per heavy atom. The lowest BCUT2D eigenvalue weighted by Crippen LogP contribution is -2.25. The molecule has 3 N–H and O–H groups in total. The molecule has 0 atom stereocenters. The molecule has 0 heterocycles. The average Bonchev–Trinajstić information content (AvgIpc) is 2.33. The lowest BCUT2D eigenvalue weighted by Gasteiger charge is -2.08. The Hall–Kier alpha value is -0.820. The Kier molecular flexibility index (Phi) is 6.57. The van der Waals surface area contributed by atoms with Crippen molar-refractivity contribution in [3.8, 4) is 0 Å². The summed E-state index contributed by atoms with van der Waals surface area (Å²) >= 11 is 5.88. The molecule has 0 bridgehead atoms. The van der Waals surface area contributed by atoms with E-state index < -0.39 is 10.0 Å². The molecule has 0 aliphatic rings.